The predicted octanol–water partition coefficient (Wildman–Crippen LogP) is 3.39. The number of ether oxygens (including phenoxy) is 1. The molecule has 31 heavy (non-hydrogen) atoms. The second-order valence-corrected chi connectivity index (χ2v) is 12.2. The molecule has 4 bridgehead atoms. The molecule has 12 heteroatoms. The molecule has 3 aliphatic rings. The van der Waals surface area contributed by atoms with Gasteiger partial charge in [-0.15, -0.1) is 0 Å². The molecular formula is C19H24F3N5O3S. The van der Waals surface area contributed by atoms with Crippen LogP contribution in [-0.2, 0) is 20.0 Å². The summed E-state index contributed by atoms with van der Waals surface area (Å²) in [6.07, 6.45) is -1.70. The van der Waals surface area contributed by atoms with Gasteiger partial charge in [0.05, 0.1) is 15.0 Å². The van der Waals surface area contributed by atoms with Gasteiger partial charge >= 0.3 is 6.09 Å². The van der Waals surface area contributed by atoms with Gasteiger partial charge in [0.1, 0.15) is 40.0 Å². The van der Waals surface area contributed by atoms with Crippen molar-refractivity contribution in [1.82, 2.24) is 10.3 Å². The van der Waals surface area contributed by atoms with Crippen LogP contribution in [0.3, 0.4) is 0 Å². The maximum absolute atomic E-state index is 15.0. The Morgan fingerprint density at radius 1 is 1.19 bits per heavy atom. The quantitative estimate of drug-likeness (QED) is 0.619. The highest BCUT2D eigenvalue weighted by Crippen LogP contribution is 2.50. The van der Waals surface area contributed by atoms with Gasteiger partial charge in [0.15, 0.2) is 5.72 Å². The molecule has 4 heterocycles. The number of rotatable bonds is 0. The molecule has 0 spiro atoms. The monoisotopic (exact) mass is 459 g/mol. The number of hydrogen-bond acceptors (Lipinski definition) is 7. The van der Waals surface area contributed by atoms with Gasteiger partial charge in [0.2, 0.25) is 0 Å². The molecule has 1 amide bonds. The van der Waals surface area contributed by atoms with Gasteiger partial charge in [-0.25, -0.2) is 31.5 Å². The predicted molar refractivity (Wildman–Crippen MR) is 109 cm³/mol. The lowest BCUT2D eigenvalue weighted by Crippen LogP contribution is -2.64. The number of nitrogens with zero attached hydrogens (tertiary/aromatic N) is 3. The van der Waals surface area contributed by atoms with Crippen LogP contribution in [0.25, 0.3) is 0 Å². The van der Waals surface area contributed by atoms with Crippen molar-refractivity contribution < 1.29 is 26.9 Å². The topological polar surface area (TPSA) is 105 Å². The van der Waals surface area contributed by atoms with Crippen LogP contribution in [0, 0.1) is 5.82 Å². The molecule has 0 saturated carbocycles. The molecule has 170 valence electrons. The van der Waals surface area contributed by atoms with Crippen molar-refractivity contribution in [1.29, 1.82) is 0 Å². The summed E-state index contributed by atoms with van der Waals surface area (Å²) in [7, 11) is -3.46. The van der Waals surface area contributed by atoms with Gasteiger partial charge < -0.3 is 10.1 Å². The van der Waals surface area contributed by atoms with Crippen molar-refractivity contribution in [3.63, 3.8) is 0 Å². The summed E-state index contributed by atoms with van der Waals surface area (Å²) in [6.45, 7) is 6.62. The van der Waals surface area contributed by atoms with Crippen LogP contribution in [0.5, 0.6) is 0 Å². The number of hydrogen-bond donors (Lipinski definition) is 2. The number of alkyl halides is 2. The zero-order chi connectivity index (χ0) is 23.0. The second kappa shape index (κ2) is 6.33. The summed E-state index contributed by atoms with van der Waals surface area (Å²) >= 11 is 0. The third-order valence-corrected chi connectivity index (χ3v) is 9.52. The number of amidine groups is 1. The van der Waals surface area contributed by atoms with E-state index in [1.807, 2.05) is 0 Å². The lowest BCUT2D eigenvalue weighted by Gasteiger charge is -2.49. The highest BCUT2D eigenvalue weighted by molar-refractivity contribution is 7.96. The molecule has 1 aromatic heterocycles. The van der Waals surface area contributed by atoms with E-state index in [1.165, 1.54) is 26.8 Å². The van der Waals surface area contributed by atoms with E-state index in [4.69, 9.17) is 4.74 Å². The molecular weight excluding hydrogens is 435 g/mol. The summed E-state index contributed by atoms with van der Waals surface area (Å²) in [5.41, 5.74) is -3.29. The number of fused-ring (bicyclic) bond motifs is 6. The zero-order valence-electron chi connectivity index (χ0n) is 17.8. The van der Waals surface area contributed by atoms with Crippen molar-refractivity contribution in [3.8, 4) is 0 Å². The first kappa shape index (κ1) is 21.8. The Morgan fingerprint density at radius 3 is 2.55 bits per heavy atom. The Hall–Kier alpha value is -2.37. The smallest absolute Gasteiger partial charge is 0.414 e. The molecule has 0 fully saturated rings. The number of aliphatic imine (C=N–C) groups is 1. The second-order valence-electron chi connectivity index (χ2n) is 9.20. The van der Waals surface area contributed by atoms with Crippen LogP contribution in [0.4, 0.5) is 23.8 Å². The highest BCUT2D eigenvalue weighted by atomic mass is 32.2. The molecule has 8 nitrogen and oxygen atoms in total. The number of nitrogens with one attached hydrogen (secondary N) is 2. The number of halogens is 3. The van der Waals surface area contributed by atoms with E-state index in [1.54, 1.807) is 13.8 Å². The number of amides is 1. The molecule has 0 aromatic carbocycles. The normalized spacial score (nSPS) is 35.0. The molecule has 1 aromatic rings. The molecule has 0 saturated heterocycles. The Balaban J connectivity index is 2.07. The third kappa shape index (κ3) is 3.26. The van der Waals surface area contributed by atoms with E-state index in [0.717, 1.165) is 6.07 Å². The van der Waals surface area contributed by atoms with E-state index >= 15 is 4.39 Å². The van der Waals surface area contributed by atoms with Crippen LogP contribution in [0.15, 0.2) is 21.5 Å². The summed E-state index contributed by atoms with van der Waals surface area (Å²) in [5, 5.41) is 4.03. The zero-order valence-corrected chi connectivity index (χ0v) is 18.6. The first-order valence-electron chi connectivity index (χ1n) is 9.74. The van der Waals surface area contributed by atoms with Gasteiger partial charge in [-0.3, -0.25) is 10.3 Å². The number of carbonyl (C=O) groups excluding carboxylic acids is 1. The molecule has 0 unspecified atom stereocenters. The molecule has 2 N–H and O–H groups in total. The largest absolute Gasteiger partial charge is 0.423 e. The van der Waals surface area contributed by atoms with Crippen LogP contribution >= 0.6 is 0 Å². The van der Waals surface area contributed by atoms with Crippen LogP contribution in [0.2, 0.25) is 0 Å². The molecule has 3 atom stereocenters. The van der Waals surface area contributed by atoms with Crippen molar-refractivity contribution in [2.45, 2.75) is 68.2 Å². The summed E-state index contributed by atoms with van der Waals surface area (Å²) < 4.78 is 66.0. The number of carbonyl (C=O) groups is 1. The van der Waals surface area contributed by atoms with Gasteiger partial charge in [0.25, 0.3) is 5.92 Å². The van der Waals surface area contributed by atoms with E-state index in [9.17, 15) is 17.8 Å². The third-order valence-electron chi connectivity index (χ3n) is 5.95. The number of pyridine rings is 1. The Kier molecular flexibility index (Phi) is 4.46. The van der Waals surface area contributed by atoms with Crippen molar-refractivity contribution in [3.05, 3.63) is 23.6 Å². The minimum absolute atomic E-state index is 0.0838. The van der Waals surface area contributed by atoms with E-state index in [-0.39, 0.29) is 17.3 Å². The molecule has 0 radical (unpaired) electrons. The average molecular weight is 459 g/mol. The minimum Gasteiger partial charge on any atom is -0.423 e. The number of anilines is 1. The maximum atomic E-state index is 15.0. The van der Waals surface area contributed by atoms with Crippen molar-refractivity contribution >= 4 is 27.5 Å². The fourth-order valence-electron chi connectivity index (χ4n) is 4.27. The Bertz CT molecular complexity index is 1130. The fraction of sp³-hybridized carbons (Fsp3) is 0.632. The average Bonchev–Trinajstić information content (AvgIpc) is 2.63. The number of aromatic nitrogens is 1. The van der Waals surface area contributed by atoms with E-state index in [2.05, 4.69) is 25.0 Å². The lowest BCUT2D eigenvalue weighted by atomic mass is 9.88. The highest BCUT2D eigenvalue weighted by Gasteiger charge is 2.61. The van der Waals surface area contributed by atoms with Crippen LogP contribution in [0.1, 0.15) is 46.7 Å². The number of alkyl carbamates (subject to hydrolysis) is 1. The SMILES string of the molecule is CC1(C)Nc2ccc(F)c(n2)[C@@]2(C)N=C(NC(=O)O1)C(C)(C)[S@@]1(=O)=NCC(F)(F)C[C@H]21. The van der Waals surface area contributed by atoms with Crippen molar-refractivity contribution in [2.24, 2.45) is 9.36 Å². The lowest BCUT2D eigenvalue weighted by molar-refractivity contribution is -0.00691. The summed E-state index contributed by atoms with van der Waals surface area (Å²) in [6, 6.07) is 2.45. The molecule has 3 aliphatic heterocycles. The Morgan fingerprint density at radius 2 is 1.87 bits per heavy atom. The first-order valence-corrected chi connectivity index (χ1v) is 11.3. The maximum Gasteiger partial charge on any atom is 0.414 e. The van der Waals surface area contributed by atoms with Crippen LogP contribution in [-0.4, -0.2) is 49.3 Å². The Labute approximate surface area is 178 Å². The van der Waals surface area contributed by atoms with E-state index < -0.39 is 61.8 Å². The number of cyclic esters (lactones) is 1. The van der Waals surface area contributed by atoms with Gasteiger partial charge in [-0.2, -0.15) is 0 Å². The molecule has 4 rings (SSSR count). The van der Waals surface area contributed by atoms with Crippen LogP contribution < -0.4 is 10.6 Å². The fourth-order valence-corrected chi connectivity index (χ4v) is 7.50. The van der Waals surface area contributed by atoms with E-state index in [0.29, 0.717) is 0 Å². The summed E-state index contributed by atoms with van der Waals surface area (Å²) in [5.74, 6) is -3.97. The standard InChI is InChI=1S/C19H24F3N5O3S/c1-16(2)14-25-15(28)30-17(3,4)26-12-7-6-10(20)13(24-12)18(5,27-14)11-8-19(21,22)9-23-31(11,16)29/h6-7,11H,8-9H2,1-5H3,(H,24,26)(H,25,27,28)/t11-,18+,31-/m1/s1. The minimum atomic E-state index is -3.46. The van der Waals surface area contributed by atoms with Gasteiger partial charge in [0, 0.05) is 6.42 Å². The summed E-state index contributed by atoms with van der Waals surface area (Å²) in [4.78, 5) is 21.4. The molecule has 0 aliphatic carbocycles. The van der Waals surface area contributed by atoms with Crippen molar-refractivity contribution in [2.75, 3.05) is 11.9 Å². The van der Waals surface area contributed by atoms with Gasteiger partial charge in [-0.1, -0.05) is 0 Å². The first-order chi connectivity index (χ1) is 14.1. The van der Waals surface area contributed by atoms with Gasteiger partial charge in [-0.05, 0) is 46.8 Å².